The van der Waals surface area contributed by atoms with Gasteiger partial charge in [0.25, 0.3) is 5.69 Å². The fourth-order valence-electron chi connectivity index (χ4n) is 3.76. The average Bonchev–Trinajstić information content (AvgIpc) is 3.13. The molecule has 2 aromatic rings. The monoisotopic (exact) mass is 431 g/mol. The second-order valence-electron chi connectivity index (χ2n) is 7.50. The van der Waals surface area contributed by atoms with Crippen LogP contribution in [0.25, 0.3) is 0 Å². The maximum absolute atomic E-state index is 12.2. The minimum atomic E-state index is -3.09. The summed E-state index contributed by atoms with van der Waals surface area (Å²) >= 11 is 1.54. The van der Waals surface area contributed by atoms with Gasteiger partial charge in [-0.2, -0.15) is 0 Å². The number of benzene rings is 2. The molecule has 2 heterocycles. The zero-order valence-electron chi connectivity index (χ0n) is 16.1. The zero-order valence-corrected chi connectivity index (χ0v) is 17.7. The van der Waals surface area contributed by atoms with Crippen LogP contribution in [-0.4, -0.2) is 42.1 Å². The van der Waals surface area contributed by atoms with Crippen molar-refractivity contribution in [2.45, 2.75) is 31.7 Å². The molecule has 2 atom stereocenters. The smallest absolute Gasteiger partial charge is 0.269 e. The highest BCUT2D eigenvalue weighted by Gasteiger charge is 2.47. The minimum absolute atomic E-state index is 0.0636. The van der Waals surface area contributed by atoms with Crippen LogP contribution in [-0.2, 0) is 15.6 Å². The van der Waals surface area contributed by atoms with Crippen LogP contribution in [0.1, 0.15) is 16.7 Å². The molecule has 0 spiro atoms. The van der Waals surface area contributed by atoms with Crippen LogP contribution < -0.4 is 4.90 Å². The number of hydrogen-bond acceptors (Lipinski definition) is 7. The number of amidine groups is 1. The maximum Gasteiger partial charge on any atom is 0.269 e. The third-order valence-corrected chi connectivity index (χ3v) is 7.98. The van der Waals surface area contributed by atoms with Crippen LogP contribution in [0.15, 0.2) is 47.5 Å². The Morgan fingerprint density at radius 1 is 1.17 bits per heavy atom. The lowest BCUT2D eigenvalue weighted by Crippen LogP contribution is -2.39. The Bertz CT molecular complexity index is 1100. The van der Waals surface area contributed by atoms with Crippen LogP contribution in [0.4, 0.5) is 11.4 Å². The Hall–Kier alpha value is -2.39. The molecule has 2 aliphatic heterocycles. The van der Waals surface area contributed by atoms with Crippen molar-refractivity contribution in [2.24, 2.45) is 4.99 Å². The van der Waals surface area contributed by atoms with Gasteiger partial charge in [0.05, 0.1) is 28.5 Å². The molecule has 0 bridgehead atoms. The predicted molar refractivity (Wildman–Crippen MR) is 116 cm³/mol. The number of fused-ring (bicyclic) bond motifs is 1. The molecular formula is C20H21N3O4S2. The van der Waals surface area contributed by atoms with Crippen LogP contribution in [0.3, 0.4) is 0 Å². The van der Waals surface area contributed by atoms with Gasteiger partial charge in [0.2, 0.25) is 0 Å². The Morgan fingerprint density at radius 2 is 1.90 bits per heavy atom. The number of thioether (sulfide) groups is 1. The number of aliphatic imine (C=N–C) groups is 1. The van der Waals surface area contributed by atoms with Crippen molar-refractivity contribution < 1.29 is 13.3 Å². The first-order chi connectivity index (χ1) is 13.7. The molecule has 4 rings (SSSR count). The van der Waals surface area contributed by atoms with Gasteiger partial charge in [0.1, 0.15) is 0 Å². The Balaban J connectivity index is 1.61. The summed E-state index contributed by atoms with van der Waals surface area (Å²) in [5.74, 6) is 0.793. The first-order valence-corrected chi connectivity index (χ1v) is 12.0. The highest BCUT2D eigenvalue weighted by atomic mass is 32.2. The van der Waals surface area contributed by atoms with Crippen LogP contribution >= 0.6 is 11.8 Å². The van der Waals surface area contributed by atoms with E-state index in [4.69, 9.17) is 4.99 Å². The van der Waals surface area contributed by atoms with Gasteiger partial charge < -0.3 is 4.90 Å². The molecule has 1 saturated heterocycles. The summed E-state index contributed by atoms with van der Waals surface area (Å²) in [6.07, 6.45) is 0. The molecule has 0 aromatic heterocycles. The second-order valence-corrected chi connectivity index (χ2v) is 10.6. The SMILES string of the molecule is Cc1ccc(C)c(N2C(SCc3ccc([N+](=O)[O-])cc3)=N[C@H]3CS(=O)(=O)C[C@H]32)c1. The average molecular weight is 432 g/mol. The molecule has 0 amide bonds. The van der Waals surface area contributed by atoms with Gasteiger partial charge in [-0.3, -0.25) is 15.1 Å². The fourth-order valence-corrected chi connectivity index (χ4v) is 6.67. The number of aryl methyl sites for hydroxylation is 2. The predicted octanol–water partition coefficient (Wildman–Crippen LogP) is 3.49. The molecule has 9 heteroatoms. The van der Waals surface area contributed by atoms with Crippen LogP contribution in [0.5, 0.6) is 0 Å². The quantitative estimate of drug-likeness (QED) is 0.543. The third-order valence-electron chi connectivity index (χ3n) is 5.25. The molecule has 1 fully saturated rings. The lowest BCUT2D eigenvalue weighted by atomic mass is 10.1. The summed E-state index contributed by atoms with van der Waals surface area (Å²) < 4.78 is 24.4. The second kappa shape index (κ2) is 7.46. The number of nitro benzene ring substituents is 1. The van der Waals surface area contributed by atoms with Crippen molar-refractivity contribution in [3.8, 4) is 0 Å². The van der Waals surface area contributed by atoms with E-state index in [1.807, 2.05) is 26.0 Å². The molecule has 0 saturated carbocycles. The molecule has 152 valence electrons. The molecule has 2 aromatic carbocycles. The van der Waals surface area contributed by atoms with Crippen molar-refractivity contribution >= 4 is 38.1 Å². The summed E-state index contributed by atoms with van der Waals surface area (Å²) in [7, 11) is -3.09. The normalized spacial score (nSPS) is 22.4. The van der Waals surface area contributed by atoms with E-state index in [2.05, 4.69) is 11.0 Å². The van der Waals surface area contributed by atoms with Crippen molar-refractivity contribution in [1.82, 2.24) is 0 Å². The van der Waals surface area contributed by atoms with Gasteiger partial charge in [-0.1, -0.05) is 36.0 Å². The number of hydrogen-bond donors (Lipinski definition) is 0. The molecule has 0 radical (unpaired) electrons. The molecule has 7 nitrogen and oxygen atoms in total. The van der Waals surface area contributed by atoms with Gasteiger partial charge in [-0.05, 0) is 36.6 Å². The Labute approximate surface area is 173 Å². The topological polar surface area (TPSA) is 92.9 Å². The van der Waals surface area contributed by atoms with E-state index in [0.29, 0.717) is 5.75 Å². The van der Waals surface area contributed by atoms with Gasteiger partial charge in [-0.15, -0.1) is 0 Å². The van der Waals surface area contributed by atoms with Crippen LogP contribution in [0, 0.1) is 24.0 Å². The summed E-state index contributed by atoms with van der Waals surface area (Å²) in [4.78, 5) is 17.2. The van der Waals surface area contributed by atoms with Crippen molar-refractivity contribution in [1.29, 1.82) is 0 Å². The van der Waals surface area contributed by atoms with E-state index in [1.54, 1.807) is 12.1 Å². The maximum atomic E-state index is 12.2. The van der Waals surface area contributed by atoms with E-state index < -0.39 is 14.8 Å². The molecular weight excluding hydrogens is 410 g/mol. The van der Waals surface area contributed by atoms with Crippen molar-refractivity contribution in [2.75, 3.05) is 16.4 Å². The van der Waals surface area contributed by atoms with Crippen LogP contribution in [0.2, 0.25) is 0 Å². The minimum Gasteiger partial charge on any atom is -0.315 e. The number of nitro groups is 1. The van der Waals surface area contributed by atoms with E-state index in [9.17, 15) is 18.5 Å². The number of sulfone groups is 1. The molecule has 0 N–H and O–H groups in total. The highest BCUT2D eigenvalue weighted by Crippen LogP contribution is 2.37. The summed E-state index contributed by atoms with van der Waals surface area (Å²) in [6.45, 7) is 4.03. The van der Waals surface area contributed by atoms with Gasteiger partial charge in [0.15, 0.2) is 15.0 Å². The Kier molecular flexibility index (Phi) is 5.12. The van der Waals surface area contributed by atoms with E-state index in [1.165, 1.54) is 23.9 Å². The number of non-ortho nitro benzene ring substituents is 1. The summed E-state index contributed by atoms with van der Waals surface area (Å²) in [6, 6.07) is 12.2. The van der Waals surface area contributed by atoms with Crippen molar-refractivity contribution in [3.05, 3.63) is 69.3 Å². The molecule has 0 aliphatic carbocycles. The lowest BCUT2D eigenvalue weighted by molar-refractivity contribution is -0.384. The van der Waals surface area contributed by atoms with E-state index in [0.717, 1.165) is 27.5 Å². The lowest BCUT2D eigenvalue weighted by Gasteiger charge is -2.28. The number of nitrogens with zero attached hydrogens (tertiary/aromatic N) is 3. The number of anilines is 1. The first-order valence-electron chi connectivity index (χ1n) is 9.24. The molecule has 29 heavy (non-hydrogen) atoms. The number of rotatable bonds is 4. The largest absolute Gasteiger partial charge is 0.315 e. The summed E-state index contributed by atoms with van der Waals surface area (Å²) in [5.41, 5.74) is 4.19. The Morgan fingerprint density at radius 3 is 2.59 bits per heavy atom. The molecule has 0 unspecified atom stereocenters. The van der Waals surface area contributed by atoms with E-state index >= 15 is 0 Å². The van der Waals surface area contributed by atoms with Gasteiger partial charge in [-0.25, -0.2) is 8.42 Å². The van der Waals surface area contributed by atoms with Gasteiger partial charge >= 0.3 is 0 Å². The molecule has 2 aliphatic rings. The van der Waals surface area contributed by atoms with Crippen molar-refractivity contribution in [3.63, 3.8) is 0 Å². The van der Waals surface area contributed by atoms with E-state index in [-0.39, 0.29) is 29.3 Å². The summed E-state index contributed by atoms with van der Waals surface area (Å²) in [5, 5.41) is 11.6. The highest BCUT2D eigenvalue weighted by molar-refractivity contribution is 8.13. The first kappa shape index (κ1) is 19.9. The third kappa shape index (κ3) is 4.02. The fraction of sp³-hybridized carbons (Fsp3) is 0.350. The zero-order chi connectivity index (χ0) is 20.8. The standard InChI is InChI=1S/C20H21N3O4S2/c1-13-3-4-14(2)18(9-13)22-19-12-29(26,27)11-17(19)21-20(22)28-10-15-5-7-16(8-6-15)23(24)25/h3-9,17,19H,10-12H2,1-2H3/t17-,19+/m0/s1. The van der Waals surface area contributed by atoms with Gasteiger partial charge in [0, 0.05) is 23.6 Å².